The Morgan fingerprint density at radius 2 is 1.38 bits per heavy atom. The number of ether oxygens (including phenoxy) is 1. The van der Waals surface area contributed by atoms with Crippen molar-refractivity contribution in [2.75, 3.05) is 13.2 Å². The van der Waals surface area contributed by atoms with Gasteiger partial charge in [-0.2, -0.15) is 0 Å². The van der Waals surface area contributed by atoms with Crippen molar-refractivity contribution in [2.24, 2.45) is 0 Å². The molecule has 0 bridgehead atoms. The average molecular weight is 311 g/mol. The monoisotopic (exact) mass is 311 g/mol. The van der Waals surface area contributed by atoms with Crippen molar-refractivity contribution in [3.05, 3.63) is 34.6 Å². The fraction of sp³-hybridized carbons (Fsp3) is 0.571. The van der Waals surface area contributed by atoms with E-state index in [9.17, 15) is 22.0 Å². The van der Waals surface area contributed by atoms with Crippen LogP contribution in [0.3, 0.4) is 0 Å². The first kappa shape index (κ1) is 17.8. The summed E-state index contributed by atoms with van der Waals surface area (Å²) in [5.74, 6) is -9.71. The number of hydrogen-bond acceptors (Lipinski definition) is 2. The van der Waals surface area contributed by atoms with Crippen LogP contribution >= 0.6 is 0 Å². The van der Waals surface area contributed by atoms with Crippen LogP contribution in [0.4, 0.5) is 22.0 Å². The Kier molecular flexibility index (Phi) is 6.54. The molecule has 2 nitrogen and oxygen atoms in total. The van der Waals surface area contributed by atoms with Crippen molar-refractivity contribution >= 4 is 0 Å². The highest BCUT2D eigenvalue weighted by Gasteiger charge is 2.30. The Morgan fingerprint density at radius 3 is 1.81 bits per heavy atom. The van der Waals surface area contributed by atoms with Gasteiger partial charge in [0.1, 0.15) is 0 Å². The van der Waals surface area contributed by atoms with E-state index in [0.29, 0.717) is 13.0 Å². The van der Waals surface area contributed by atoms with Gasteiger partial charge >= 0.3 is 0 Å². The van der Waals surface area contributed by atoms with Gasteiger partial charge in [-0.05, 0) is 26.8 Å². The van der Waals surface area contributed by atoms with E-state index in [1.165, 1.54) is 0 Å². The summed E-state index contributed by atoms with van der Waals surface area (Å²) in [6.07, 6.45) is 0.394. The van der Waals surface area contributed by atoms with Gasteiger partial charge in [-0.15, -0.1) is 0 Å². The summed E-state index contributed by atoms with van der Waals surface area (Å²) in [6, 6.07) is -1.11. The van der Waals surface area contributed by atoms with Crippen molar-refractivity contribution in [1.82, 2.24) is 5.32 Å². The molecule has 0 fully saturated rings. The summed E-state index contributed by atoms with van der Waals surface area (Å²) in [6.45, 7) is 5.37. The van der Waals surface area contributed by atoms with Gasteiger partial charge in [0.05, 0.1) is 18.8 Å². The molecular weight excluding hydrogens is 293 g/mol. The number of halogens is 5. The van der Waals surface area contributed by atoms with E-state index in [1.54, 1.807) is 13.8 Å². The number of hydrogen-bond donors (Lipinski definition) is 1. The zero-order chi connectivity index (χ0) is 16.2. The molecule has 0 spiro atoms. The molecule has 7 heteroatoms. The highest BCUT2D eigenvalue weighted by atomic mass is 19.2. The topological polar surface area (TPSA) is 21.3 Å². The third kappa shape index (κ3) is 4.14. The molecule has 0 saturated heterocycles. The molecule has 1 atom stereocenters. The molecule has 0 aliphatic heterocycles. The van der Waals surface area contributed by atoms with Crippen molar-refractivity contribution < 1.29 is 26.7 Å². The molecule has 1 N–H and O–H groups in total. The molecule has 0 aromatic heterocycles. The van der Waals surface area contributed by atoms with E-state index >= 15 is 0 Å². The second-order valence-corrected chi connectivity index (χ2v) is 4.87. The molecule has 1 unspecified atom stereocenters. The summed E-state index contributed by atoms with van der Waals surface area (Å²) >= 11 is 0. The molecule has 0 heterocycles. The lowest BCUT2D eigenvalue weighted by atomic mass is 10.0. The molecule has 1 aromatic carbocycles. The highest BCUT2D eigenvalue weighted by Crippen LogP contribution is 2.28. The van der Waals surface area contributed by atoms with Crippen LogP contribution in [0.25, 0.3) is 0 Å². The molecule has 0 radical (unpaired) electrons. The minimum absolute atomic E-state index is 0.198. The van der Waals surface area contributed by atoms with Gasteiger partial charge in [0.2, 0.25) is 5.82 Å². The summed E-state index contributed by atoms with van der Waals surface area (Å²) < 4.78 is 72.4. The number of rotatable bonds is 7. The summed E-state index contributed by atoms with van der Waals surface area (Å²) in [5, 5.41) is 2.74. The minimum atomic E-state index is -2.16. The summed E-state index contributed by atoms with van der Waals surface area (Å²) in [4.78, 5) is 0. The van der Waals surface area contributed by atoms with Crippen LogP contribution in [0.2, 0.25) is 0 Å². The Bertz CT molecular complexity index is 464. The maximum absolute atomic E-state index is 13.8. The summed E-state index contributed by atoms with van der Waals surface area (Å²) in [5.41, 5.74) is -0.888. The normalized spacial score (nSPS) is 13.0. The van der Waals surface area contributed by atoms with Gasteiger partial charge in [-0.1, -0.05) is 6.92 Å². The lowest BCUT2D eigenvalue weighted by Gasteiger charge is -2.22. The second-order valence-electron chi connectivity index (χ2n) is 4.87. The fourth-order valence-corrected chi connectivity index (χ4v) is 1.78. The Hall–Kier alpha value is -1.21. The molecular formula is C14H18F5NO. The third-order valence-corrected chi connectivity index (χ3v) is 2.83. The fourth-order valence-electron chi connectivity index (χ4n) is 1.78. The maximum Gasteiger partial charge on any atom is 0.200 e. The van der Waals surface area contributed by atoms with E-state index in [1.807, 2.05) is 6.92 Å². The first-order chi connectivity index (χ1) is 9.81. The zero-order valence-electron chi connectivity index (χ0n) is 12.1. The Labute approximate surface area is 120 Å². The SMILES string of the molecule is CCCNC(COC(C)C)c1c(F)c(F)c(F)c(F)c1F. The van der Waals surface area contributed by atoms with Crippen molar-refractivity contribution in [3.63, 3.8) is 0 Å². The van der Waals surface area contributed by atoms with E-state index in [0.717, 1.165) is 0 Å². The molecule has 0 amide bonds. The van der Waals surface area contributed by atoms with Crippen LogP contribution in [0.15, 0.2) is 0 Å². The molecule has 1 rings (SSSR count). The van der Waals surface area contributed by atoms with Crippen LogP contribution < -0.4 is 5.32 Å². The van der Waals surface area contributed by atoms with Gasteiger partial charge < -0.3 is 10.1 Å². The summed E-state index contributed by atoms with van der Waals surface area (Å²) in [7, 11) is 0. The standard InChI is InChI=1S/C14H18F5NO/c1-4-5-20-8(6-21-7(2)3)9-10(15)12(17)14(19)13(18)11(9)16/h7-8,20H,4-6H2,1-3H3. The number of nitrogens with one attached hydrogen (secondary N) is 1. The van der Waals surface area contributed by atoms with Crippen molar-refractivity contribution in [1.29, 1.82) is 0 Å². The largest absolute Gasteiger partial charge is 0.377 e. The van der Waals surface area contributed by atoms with E-state index in [2.05, 4.69) is 5.32 Å². The molecule has 0 saturated carbocycles. The van der Waals surface area contributed by atoms with Gasteiger partial charge in [0.15, 0.2) is 23.3 Å². The lowest BCUT2D eigenvalue weighted by molar-refractivity contribution is 0.0592. The minimum Gasteiger partial charge on any atom is -0.377 e. The lowest BCUT2D eigenvalue weighted by Crippen LogP contribution is -2.30. The molecule has 120 valence electrons. The van der Waals surface area contributed by atoms with Crippen LogP contribution in [-0.2, 0) is 4.74 Å². The van der Waals surface area contributed by atoms with Gasteiger partial charge in [0.25, 0.3) is 0 Å². The van der Waals surface area contributed by atoms with E-state index in [-0.39, 0.29) is 12.7 Å². The Morgan fingerprint density at radius 1 is 0.905 bits per heavy atom. The van der Waals surface area contributed by atoms with Crippen molar-refractivity contribution in [3.8, 4) is 0 Å². The van der Waals surface area contributed by atoms with Crippen LogP contribution in [-0.4, -0.2) is 19.3 Å². The first-order valence-electron chi connectivity index (χ1n) is 6.67. The predicted molar refractivity (Wildman–Crippen MR) is 68.4 cm³/mol. The Balaban J connectivity index is 3.22. The van der Waals surface area contributed by atoms with Crippen LogP contribution in [0, 0.1) is 29.1 Å². The smallest absolute Gasteiger partial charge is 0.200 e. The van der Waals surface area contributed by atoms with Crippen LogP contribution in [0.1, 0.15) is 38.8 Å². The van der Waals surface area contributed by atoms with Gasteiger partial charge in [-0.3, -0.25) is 0 Å². The zero-order valence-corrected chi connectivity index (χ0v) is 12.1. The average Bonchev–Trinajstić information content (AvgIpc) is 2.45. The number of benzene rings is 1. The highest BCUT2D eigenvalue weighted by molar-refractivity contribution is 5.27. The van der Waals surface area contributed by atoms with E-state index in [4.69, 9.17) is 4.74 Å². The van der Waals surface area contributed by atoms with Gasteiger partial charge in [0, 0.05) is 5.56 Å². The van der Waals surface area contributed by atoms with Crippen molar-refractivity contribution in [2.45, 2.75) is 39.3 Å². The van der Waals surface area contributed by atoms with Crippen LogP contribution in [0.5, 0.6) is 0 Å². The second kappa shape index (κ2) is 7.70. The third-order valence-electron chi connectivity index (χ3n) is 2.83. The predicted octanol–water partition coefficient (Wildman–Crippen LogP) is 3.85. The quantitative estimate of drug-likeness (QED) is 0.469. The molecule has 21 heavy (non-hydrogen) atoms. The van der Waals surface area contributed by atoms with Gasteiger partial charge in [-0.25, -0.2) is 22.0 Å². The first-order valence-corrected chi connectivity index (χ1v) is 6.67. The maximum atomic E-state index is 13.8. The van der Waals surface area contributed by atoms with E-state index < -0.39 is 40.7 Å². The molecule has 0 aliphatic carbocycles. The molecule has 1 aromatic rings. The molecule has 0 aliphatic rings.